The van der Waals surface area contributed by atoms with Crippen LogP contribution >= 0.6 is 35.1 Å². The Bertz CT molecular complexity index is 1090. The maximum atomic E-state index is 12.5. The van der Waals surface area contributed by atoms with Crippen molar-refractivity contribution in [1.82, 2.24) is 4.90 Å². The van der Waals surface area contributed by atoms with Crippen molar-refractivity contribution in [1.29, 1.82) is 0 Å². The van der Waals surface area contributed by atoms with Crippen molar-refractivity contribution in [2.45, 2.75) is 16.7 Å². The molecule has 0 saturated carbocycles. The number of ether oxygens (including phenoxy) is 1. The van der Waals surface area contributed by atoms with Gasteiger partial charge in [0, 0.05) is 16.0 Å². The van der Waals surface area contributed by atoms with Gasteiger partial charge in [0.1, 0.15) is 6.54 Å². The number of carbonyl (C=O) groups excluding carboxylic acids is 3. The number of imide groups is 1. The van der Waals surface area contributed by atoms with Crippen molar-refractivity contribution in [2.24, 2.45) is 0 Å². The van der Waals surface area contributed by atoms with E-state index in [9.17, 15) is 24.5 Å². The maximum Gasteiger partial charge on any atom is 0.326 e. The Kier molecular flexibility index (Phi) is 7.37. The van der Waals surface area contributed by atoms with E-state index in [1.54, 1.807) is 43.3 Å². The summed E-state index contributed by atoms with van der Waals surface area (Å²) in [7, 11) is 0. The van der Waals surface area contributed by atoms with E-state index >= 15 is 0 Å². The molecule has 11 heteroatoms. The lowest BCUT2D eigenvalue weighted by molar-refractivity contribution is -0.387. The van der Waals surface area contributed by atoms with Crippen LogP contribution in [0.3, 0.4) is 0 Å². The first-order chi connectivity index (χ1) is 14.8. The van der Waals surface area contributed by atoms with Crippen LogP contribution in [0, 0.1) is 10.1 Å². The second-order valence-electron chi connectivity index (χ2n) is 6.11. The molecule has 0 bridgehead atoms. The van der Waals surface area contributed by atoms with Gasteiger partial charge in [-0.05, 0) is 60.7 Å². The lowest BCUT2D eigenvalue weighted by Crippen LogP contribution is -2.34. The Labute approximate surface area is 190 Å². The summed E-state index contributed by atoms with van der Waals surface area (Å²) in [5.74, 6) is -1.34. The summed E-state index contributed by atoms with van der Waals surface area (Å²) < 4.78 is 4.77. The van der Waals surface area contributed by atoms with Crippen LogP contribution in [0.15, 0.2) is 57.2 Å². The fourth-order valence-electron chi connectivity index (χ4n) is 2.61. The highest BCUT2D eigenvalue weighted by atomic mass is 35.5. The van der Waals surface area contributed by atoms with Crippen LogP contribution in [0.2, 0.25) is 5.02 Å². The second kappa shape index (κ2) is 9.99. The molecule has 160 valence electrons. The number of esters is 1. The third-order valence-corrected chi connectivity index (χ3v) is 6.22. The summed E-state index contributed by atoms with van der Waals surface area (Å²) in [4.78, 5) is 49.3. The second-order valence-corrected chi connectivity index (χ2v) is 8.66. The molecular weight excluding hydrogens is 464 g/mol. The molecular formula is C20H15ClN2O6S2. The molecule has 31 heavy (non-hydrogen) atoms. The highest BCUT2D eigenvalue weighted by Crippen LogP contribution is 2.37. The van der Waals surface area contributed by atoms with E-state index in [1.807, 2.05) is 0 Å². The minimum Gasteiger partial charge on any atom is -0.465 e. The number of halogens is 1. The van der Waals surface area contributed by atoms with Gasteiger partial charge in [0.25, 0.3) is 16.8 Å². The van der Waals surface area contributed by atoms with E-state index in [1.165, 1.54) is 23.9 Å². The largest absolute Gasteiger partial charge is 0.465 e. The van der Waals surface area contributed by atoms with Gasteiger partial charge in [-0.1, -0.05) is 29.4 Å². The highest BCUT2D eigenvalue weighted by Gasteiger charge is 2.36. The summed E-state index contributed by atoms with van der Waals surface area (Å²) in [6.45, 7) is 1.27. The summed E-state index contributed by atoms with van der Waals surface area (Å²) in [6.07, 6.45) is 1.39. The van der Waals surface area contributed by atoms with Crippen LogP contribution in [-0.4, -0.2) is 40.1 Å². The molecule has 1 aliphatic heterocycles. The van der Waals surface area contributed by atoms with Gasteiger partial charge >= 0.3 is 5.97 Å². The third kappa shape index (κ3) is 5.66. The van der Waals surface area contributed by atoms with E-state index in [4.69, 9.17) is 16.3 Å². The van der Waals surface area contributed by atoms with Crippen LogP contribution < -0.4 is 0 Å². The number of hydrogen-bond acceptors (Lipinski definition) is 8. The SMILES string of the molecule is CCOC(=O)CN1C(=O)S/C(=C\c2ccc(Sc3ccc(Cl)cc3)c([N+](=O)[O-])c2)C1=O. The van der Waals surface area contributed by atoms with Gasteiger partial charge in [0.15, 0.2) is 0 Å². The lowest BCUT2D eigenvalue weighted by Gasteiger charge is -2.10. The Morgan fingerprint density at radius 1 is 1.26 bits per heavy atom. The smallest absolute Gasteiger partial charge is 0.326 e. The third-order valence-electron chi connectivity index (χ3n) is 3.99. The van der Waals surface area contributed by atoms with Crippen molar-refractivity contribution in [3.05, 3.63) is 68.1 Å². The number of amides is 2. The molecule has 8 nitrogen and oxygen atoms in total. The fraction of sp³-hybridized carbons (Fsp3) is 0.150. The standard InChI is InChI=1S/C20H15ClN2O6S2/c1-2-29-18(24)11-22-19(25)17(31-20(22)26)10-12-3-8-16(15(9-12)23(27)28)30-14-6-4-13(21)5-7-14/h3-10H,2,11H2,1H3/b17-10-. The molecule has 0 aliphatic carbocycles. The van der Waals surface area contributed by atoms with E-state index in [2.05, 4.69) is 0 Å². The highest BCUT2D eigenvalue weighted by molar-refractivity contribution is 8.18. The zero-order chi connectivity index (χ0) is 22.5. The summed E-state index contributed by atoms with van der Waals surface area (Å²) in [6, 6.07) is 11.4. The van der Waals surface area contributed by atoms with E-state index in [-0.39, 0.29) is 17.2 Å². The van der Waals surface area contributed by atoms with Crippen LogP contribution in [0.5, 0.6) is 0 Å². The topological polar surface area (TPSA) is 107 Å². The molecule has 0 spiro atoms. The molecule has 1 heterocycles. The summed E-state index contributed by atoms with van der Waals surface area (Å²) >= 11 is 7.74. The average molecular weight is 479 g/mol. The van der Waals surface area contributed by atoms with Gasteiger partial charge in [0.2, 0.25) is 0 Å². The molecule has 1 aliphatic rings. The molecule has 3 rings (SSSR count). The Morgan fingerprint density at radius 2 is 1.97 bits per heavy atom. The quantitative estimate of drug-likeness (QED) is 0.237. The van der Waals surface area contributed by atoms with Crippen LogP contribution in [0.4, 0.5) is 10.5 Å². The number of benzene rings is 2. The molecule has 2 amide bonds. The molecule has 0 radical (unpaired) electrons. The normalized spacial score (nSPS) is 14.9. The molecule has 0 atom stereocenters. The Balaban J connectivity index is 1.83. The summed E-state index contributed by atoms with van der Waals surface area (Å²) in [5.41, 5.74) is 0.244. The predicted molar refractivity (Wildman–Crippen MR) is 118 cm³/mol. The first kappa shape index (κ1) is 22.9. The van der Waals surface area contributed by atoms with Crippen molar-refractivity contribution in [3.8, 4) is 0 Å². The van der Waals surface area contributed by atoms with Gasteiger partial charge in [-0.3, -0.25) is 29.4 Å². The van der Waals surface area contributed by atoms with E-state index in [0.717, 1.165) is 9.80 Å². The number of nitro benzene ring substituents is 1. The number of hydrogen-bond donors (Lipinski definition) is 0. The van der Waals surface area contributed by atoms with Gasteiger partial charge < -0.3 is 4.74 Å². The summed E-state index contributed by atoms with van der Waals surface area (Å²) in [5, 5.41) is 11.5. The zero-order valence-electron chi connectivity index (χ0n) is 16.1. The van der Waals surface area contributed by atoms with Gasteiger partial charge in [-0.25, -0.2) is 0 Å². The predicted octanol–water partition coefficient (Wildman–Crippen LogP) is 5.00. The van der Waals surface area contributed by atoms with Gasteiger partial charge in [-0.2, -0.15) is 0 Å². The van der Waals surface area contributed by atoms with Crippen LogP contribution in [0.1, 0.15) is 12.5 Å². The van der Waals surface area contributed by atoms with Gasteiger partial charge in [-0.15, -0.1) is 0 Å². The number of nitrogens with zero attached hydrogens (tertiary/aromatic N) is 2. The molecule has 1 saturated heterocycles. The first-order valence-electron chi connectivity index (χ1n) is 8.91. The molecule has 0 N–H and O–H groups in total. The van der Waals surface area contributed by atoms with E-state index in [0.29, 0.717) is 27.2 Å². The van der Waals surface area contributed by atoms with Crippen LogP contribution in [0.25, 0.3) is 6.08 Å². The zero-order valence-corrected chi connectivity index (χ0v) is 18.5. The van der Waals surface area contributed by atoms with Crippen molar-refractivity contribution >= 4 is 64.0 Å². The molecule has 2 aromatic rings. The molecule has 2 aromatic carbocycles. The minimum absolute atomic E-state index is 0.0710. The van der Waals surface area contributed by atoms with Crippen molar-refractivity contribution in [2.75, 3.05) is 13.2 Å². The number of rotatable bonds is 7. The monoisotopic (exact) mass is 478 g/mol. The Hall–Kier alpha value is -2.82. The minimum atomic E-state index is -0.690. The fourth-order valence-corrected chi connectivity index (χ4v) is 4.47. The number of nitro groups is 1. The lowest BCUT2D eigenvalue weighted by atomic mass is 10.2. The van der Waals surface area contributed by atoms with Gasteiger partial charge in [0.05, 0.1) is 21.3 Å². The van der Waals surface area contributed by atoms with Crippen LogP contribution in [-0.2, 0) is 14.3 Å². The maximum absolute atomic E-state index is 12.5. The first-order valence-corrected chi connectivity index (χ1v) is 10.9. The molecule has 0 unspecified atom stereocenters. The van der Waals surface area contributed by atoms with E-state index < -0.39 is 28.6 Å². The van der Waals surface area contributed by atoms with Crippen molar-refractivity contribution < 1.29 is 24.0 Å². The van der Waals surface area contributed by atoms with Crippen molar-refractivity contribution in [3.63, 3.8) is 0 Å². The Morgan fingerprint density at radius 3 is 2.61 bits per heavy atom. The molecule has 0 aromatic heterocycles. The average Bonchev–Trinajstić information content (AvgIpc) is 2.98. The number of carbonyl (C=O) groups is 3. The number of thioether (sulfide) groups is 1. The molecule has 1 fully saturated rings.